The molecule has 1 N–H and O–H groups in total. The quantitative estimate of drug-likeness (QED) is 0.779. The number of nitrogens with one attached hydrogen (secondary N) is 1. The second kappa shape index (κ2) is 4.67. The van der Waals surface area contributed by atoms with Crippen molar-refractivity contribution in [2.75, 3.05) is 6.54 Å². The maximum Gasteiger partial charge on any atom is 0.00872 e. The summed E-state index contributed by atoms with van der Waals surface area (Å²) < 4.78 is 0. The van der Waals surface area contributed by atoms with Crippen LogP contribution in [0.15, 0.2) is 17.5 Å². The van der Waals surface area contributed by atoms with Crippen molar-refractivity contribution >= 4 is 11.3 Å². The van der Waals surface area contributed by atoms with Gasteiger partial charge in [0.2, 0.25) is 0 Å². The summed E-state index contributed by atoms with van der Waals surface area (Å²) in [4.78, 5) is 1.50. The first-order valence-corrected chi connectivity index (χ1v) is 6.88. The fraction of sp³-hybridized carbons (Fsp3) is 0.692. The number of hydrogen-bond donors (Lipinski definition) is 1. The minimum Gasteiger partial charge on any atom is -0.313 e. The fourth-order valence-electron chi connectivity index (χ4n) is 2.03. The Hall–Kier alpha value is -0.340. The molecule has 2 heteroatoms. The predicted molar refractivity (Wildman–Crippen MR) is 67.4 cm³/mol. The van der Waals surface area contributed by atoms with Crippen LogP contribution in [-0.4, -0.2) is 12.6 Å². The Kier molecular flexibility index (Phi) is 3.47. The molecule has 0 radical (unpaired) electrons. The maximum absolute atomic E-state index is 3.68. The molecular formula is C13H21NS. The molecule has 1 fully saturated rings. The molecule has 1 aliphatic carbocycles. The van der Waals surface area contributed by atoms with Crippen LogP contribution in [-0.2, 0) is 6.42 Å². The molecule has 15 heavy (non-hydrogen) atoms. The van der Waals surface area contributed by atoms with Crippen molar-refractivity contribution in [1.29, 1.82) is 0 Å². The Morgan fingerprint density at radius 2 is 2.33 bits per heavy atom. The molecule has 84 valence electrons. The molecule has 1 aliphatic rings. The van der Waals surface area contributed by atoms with Crippen molar-refractivity contribution in [2.45, 2.75) is 45.6 Å². The lowest BCUT2D eigenvalue weighted by Crippen LogP contribution is -2.33. The molecule has 1 saturated carbocycles. The first kappa shape index (κ1) is 11.2. The Morgan fingerprint density at radius 3 is 2.87 bits per heavy atom. The average Bonchev–Trinajstić information content (AvgIpc) is 2.86. The molecular weight excluding hydrogens is 202 g/mol. The number of thiophene rings is 1. The highest BCUT2D eigenvalue weighted by Gasteiger charge is 2.40. The van der Waals surface area contributed by atoms with E-state index in [1.54, 1.807) is 0 Å². The van der Waals surface area contributed by atoms with Crippen molar-refractivity contribution in [1.82, 2.24) is 5.32 Å². The molecule has 0 aromatic carbocycles. The minimum atomic E-state index is 0.618. The molecule has 1 aromatic rings. The average molecular weight is 223 g/mol. The van der Waals surface area contributed by atoms with E-state index < -0.39 is 0 Å². The normalized spacial score (nSPS) is 20.1. The molecule has 2 rings (SSSR count). The minimum absolute atomic E-state index is 0.618. The zero-order valence-corrected chi connectivity index (χ0v) is 10.6. The van der Waals surface area contributed by atoms with E-state index in [0.29, 0.717) is 11.5 Å². The van der Waals surface area contributed by atoms with Gasteiger partial charge in [-0.25, -0.2) is 0 Å². The SMILES string of the molecule is CCC1(CNC(C)Cc2cccs2)CC1. The van der Waals surface area contributed by atoms with Crippen LogP contribution in [0.1, 0.15) is 38.0 Å². The molecule has 0 aliphatic heterocycles. The second-order valence-corrected chi connectivity index (χ2v) is 5.95. The topological polar surface area (TPSA) is 12.0 Å². The summed E-state index contributed by atoms with van der Waals surface area (Å²) in [5.74, 6) is 0. The smallest absolute Gasteiger partial charge is 0.00872 e. The Morgan fingerprint density at radius 1 is 1.53 bits per heavy atom. The highest BCUT2D eigenvalue weighted by Crippen LogP contribution is 2.47. The van der Waals surface area contributed by atoms with Crippen LogP contribution in [0.4, 0.5) is 0 Å². The molecule has 0 spiro atoms. The van der Waals surface area contributed by atoms with Gasteiger partial charge in [0.1, 0.15) is 0 Å². The third kappa shape index (κ3) is 3.05. The fourth-order valence-corrected chi connectivity index (χ4v) is 2.86. The van der Waals surface area contributed by atoms with Gasteiger partial charge in [-0.2, -0.15) is 0 Å². The molecule has 0 saturated heterocycles. The molecule has 1 unspecified atom stereocenters. The standard InChI is InChI=1S/C13H21NS/c1-3-13(6-7-13)10-14-11(2)9-12-5-4-8-15-12/h4-5,8,11,14H,3,6-7,9-10H2,1-2H3. The van der Waals surface area contributed by atoms with Crippen molar-refractivity contribution < 1.29 is 0 Å². The zero-order chi connectivity index (χ0) is 10.7. The maximum atomic E-state index is 3.68. The lowest BCUT2D eigenvalue weighted by atomic mass is 10.0. The number of rotatable bonds is 6. The van der Waals surface area contributed by atoms with Gasteiger partial charge < -0.3 is 5.32 Å². The van der Waals surface area contributed by atoms with Gasteiger partial charge in [0, 0.05) is 17.5 Å². The largest absolute Gasteiger partial charge is 0.313 e. The van der Waals surface area contributed by atoms with E-state index in [2.05, 4.69) is 36.7 Å². The molecule has 0 bridgehead atoms. The van der Waals surface area contributed by atoms with Gasteiger partial charge in [-0.3, -0.25) is 0 Å². The molecule has 1 aromatic heterocycles. The van der Waals surface area contributed by atoms with Crippen LogP contribution < -0.4 is 5.32 Å². The summed E-state index contributed by atoms with van der Waals surface area (Å²) in [6, 6.07) is 4.99. The van der Waals surface area contributed by atoms with Crippen LogP contribution in [0.5, 0.6) is 0 Å². The molecule has 0 amide bonds. The second-order valence-electron chi connectivity index (χ2n) is 4.92. The van der Waals surface area contributed by atoms with E-state index in [1.807, 2.05) is 11.3 Å². The van der Waals surface area contributed by atoms with Gasteiger partial charge in [0.25, 0.3) is 0 Å². The Bertz CT molecular complexity index is 287. The van der Waals surface area contributed by atoms with Crippen molar-refractivity contribution in [3.05, 3.63) is 22.4 Å². The van der Waals surface area contributed by atoms with Gasteiger partial charge in [-0.15, -0.1) is 11.3 Å². The van der Waals surface area contributed by atoms with Gasteiger partial charge in [0.05, 0.1) is 0 Å². The monoisotopic (exact) mass is 223 g/mol. The van der Waals surface area contributed by atoms with Crippen LogP contribution in [0, 0.1) is 5.41 Å². The van der Waals surface area contributed by atoms with E-state index in [0.717, 1.165) is 0 Å². The van der Waals surface area contributed by atoms with E-state index in [4.69, 9.17) is 0 Å². The molecule has 1 heterocycles. The van der Waals surface area contributed by atoms with Gasteiger partial charge >= 0.3 is 0 Å². The summed E-state index contributed by atoms with van der Waals surface area (Å²) >= 11 is 1.87. The molecule has 1 nitrogen and oxygen atoms in total. The summed E-state index contributed by atoms with van der Waals surface area (Å²) in [6.45, 7) is 5.83. The summed E-state index contributed by atoms with van der Waals surface area (Å²) in [5, 5.41) is 5.84. The van der Waals surface area contributed by atoms with E-state index in [-0.39, 0.29) is 0 Å². The lowest BCUT2D eigenvalue weighted by Gasteiger charge is -2.18. The Balaban J connectivity index is 1.71. The van der Waals surface area contributed by atoms with Crippen LogP contribution >= 0.6 is 11.3 Å². The van der Waals surface area contributed by atoms with Crippen molar-refractivity contribution in [3.8, 4) is 0 Å². The van der Waals surface area contributed by atoms with E-state index >= 15 is 0 Å². The highest BCUT2D eigenvalue weighted by molar-refractivity contribution is 7.09. The highest BCUT2D eigenvalue weighted by atomic mass is 32.1. The first-order valence-electron chi connectivity index (χ1n) is 6.00. The van der Waals surface area contributed by atoms with E-state index in [9.17, 15) is 0 Å². The summed E-state index contributed by atoms with van der Waals surface area (Å²) in [5.41, 5.74) is 0.670. The first-order chi connectivity index (χ1) is 7.24. The summed E-state index contributed by atoms with van der Waals surface area (Å²) in [6.07, 6.45) is 5.38. The third-order valence-corrected chi connectivity index (χ3v) is 4.52. The van der Waals surface area contributed by atoms with Crippen molar-refractivity contribution in [2.24, 2.45) is 5.41 Å². The Labute approximate surface area is 96.9 Å². The predicted octanol–water partition coefficient (Wildman–Crippen LogP) is 3.46. The third-order valence-electron chi connectivity index (χ3n) is 3.62. The molecule has 1 atom stereocenters. The lowest BCUT2D eigenvalue weighted by molar-refractivity contribution is 0.410. The summed E-state index contributed by atoms with van der Waals surface area (Å²) in [7, 11) is 0. The van der Waals surface area contributed by atoms with E-state index in [1.165, 1.54) is 37.1 Å². The van der Waals surface area contributed by atoms with Gasteiger partial charge in [0.15, 0.2) is 0 Å². The number of hydrogen-bond acceptors (Lipinski definition) is 2. The van der Waals surface area contributed by atoms with Gasteiger partial charge in [-0.05, 0) is 49.5 Å². The zero-order valence-electron chi connectivity index (χ0n) is 9.75. The van der Waals surface area contributed by atoms with Crippen molar-refractivity contribution in [3.63, 3.8) is 0 Å². The van der Waals surface area contributed by atoms with Gasteiger partial charge in [-0.1, -0.05) is 13.0 Å². The van der Waals surface area contributed by atoms with Crippen LogP contribution in [0.3, 0.4) is 0 Å². The van der Waals surface area contributed by atoms with Crippen LogP contribution in [0.25, 0.3) is 0 Å². The van der Waals surface area contributed by atoms with Crippen LogP contribution in [0.2, 0.25) is 0 Å².